The molecule has 1 aromatic heterocycles. The van der Waals surface area contributed by atoms with E-state index in [1.165, 1.54) is 0 Å². The molecule has 5 heteroatoms. The minimum atomic E-state index is -0.296. The van der Waals surface area contributed by atoms with Crippen LogP contribution in [0, 0.1) is 5.92 Å². The van der Waals surface area contributed by atoms with E-state index in [9.17, 15) is 9.90 Å². The van der Waals surface area contributed by atoms with Crippen LogP contribution in [0.25, 0.3) is 0 Å². The fourth-order valence-corrected chi connectivity index (χ4v) is 2.75. The van der Waals surface area contributed by atoms with Crippen molar-refractivity contribution in [3.63, 3.8) is 0 Å². The minimum Gasteiger partial charge on any atom is -0.489 e. The zero-order chi connectivity index (χ0) is 15.4. The number of rotatable bonds is 5. The van der Waals surface area contributed by atoms with Crippen molar-refractivity contribution in [3.8, 4) is 5.75 Å². The van der Waals surface area contributed by atoms with Crippen LogP contribution in [0.15, 0.2) is 18.3 Å². The largest absolute Gasteiger partial charge is 0.489 e. The second kappa shape index (κ2) is 6.89. The predicted molar refractivity (Wildman–Crippen MR) is 80.3 cm³/mol. The number of aliphatic hydroxyl groups is 1. The molecule has 1 aliphatic carbocycles. The van der Waals surface area contributed by atoms with E-state index in [2.05, 4.69) is 4.98 Å². The summed E-state index contributed by atoms with van der Waals surface area (Å²) < 4.78 is 5.65. The van der Waals surface area contributed by atoms with Crippen LogP contribution in [0.4, 0.5) is 0 Å². The van der Waals surface area contributed by atoms with Crippen LogP contribution in [0.3, 0.4) is 0 Å². The fourth-order valence-electron chi connectivity index (χ4n) is 2.75. The maximum atomic E-state index is 12.5. The Labute approximate surface area is 125 Å². The quantitative estimate of drug-likeness (QED) is 0.902. The van der Waals surface area contributed by atoms with Gasteiger partial charge in [0.2, 0.25) is 0 Å². The van der Waals surface area contributed by atoms with Crippen LogP contribution in [0.1, 0.15) is 43.6 Å². The molecule has 5 nitrogen and oxygen atoms in total. The van der Waals surface area contributed by atoms with Crippen molar-refractivity contribution < 1.29 is 14.6 Å². The number of carbonyl (C=O) groups excluding carboxylic acids is 1. The Balaban J connectivity index is 2.08. The number of aliphatic hydroxyl groups excluding tert-OH is 1. The van der Waals surface area contributed by atoms with Crippen LogP contribution in [-0.4, -0.2) is 46.7 Å². The minimum absolute atomic E-state index is 0.0114. The highest BCUT2D eigenvalue weighted by atomic mass is 16.5. The third-order valence-corrected chi connectivity index (χ3v) is 3.81. The first-order valence-electron chi connectivity index (χ1n) is 7.54. The molecule has 1 aliphatic rings. The average molecular weight is 292 g/mol. The molecule has 0 radical (unpaired) electrons. The molecular formula is C16H24N2O3. The molecule has 2 rings (SSSR count). The van der Waals surface area contributed by atoms with E-state index >= 15 is 0 Å². The summed E-state index contributed by atoms with van der Waals surface area (Å²) in [5, 5.41) is 9.89. The number of pyridine rings is 1. The normalized spacial score (nSPS) is 21.6. The number of amides is 1. The van der Waals surface area contributed by atoms with E-state index in [0.29, 0.717) is 18.0 Å². The Morgan fingerprint density at radius 2 is 2.29 bits per heavy atom. The average Bonchev–Trinajstić information content (AvgIpc) is 2.83. The molecule has 0 bridgehead atoms. The van der Waals surface area contributed by atoms with E-state index < -0.39 is 0 Å². The highest BCUT2D eigenvalue weighted by Gasteiger charge is 2.28. The highest BCUT2D eigenvalue weighted by molar-refractivity contribution is 5.94. The van der Waals surface area contributed by atoms with Gasteiger partial charge in [0.05, 0.1) is 12.2 Å². The standard InChI is InChI=1S/C16H24N2O3/c1-11(2)21-14-8-5-9-17-15(14)16(20)18(3)10-12-6-4-7-13(12)19/h5,8-9,11-13,19H,4,6-7,10H2,1-3H3. The number of carbonyl (C=O) groups is 1. The molecule has 2 unspecified atom stereocenters. The lowest BCUT2D eigenvalue weighted by molar-refractivity contribution is 0.0682. The second-order valence-electron chi connectivity index (χ2n) is 5.96. The number of hydrogen-bond acceptors (Lipinski definition) is 4. The van der Waals surface area contributed by atoms with Gasteiger partial charge in [0.15, 0.2) is 11.4 Å². The van der Waals surface area contributed by atoms with Gasteiger partial charge in [0.1, 0.15) is 0 Å². The van der Waals surface area contributed by atoms with E-state index in [-0.39, 0.29) is 24.0 Å². The summed E-state index contributed by atoms with van der Waals surface area (Å²) >= 11 is 0. The van der Waals surface area contributed by atoms with Crippen LogP contribution >= 0.6 is 0 Å². The smallest absolute Gasteiger partial charge is 0.276 e. The number of hydrogen-bond donors (Lipinski definition) is 1. The molecule has 1 saturated carbocycles. The van der Waals surface area contributed by atoms with Crippen LogP contribution in [0.5, 0.6) is 5.75 Å². The topological polar surface area (TPSA) is 62.7 Å². The Kier molecular flexibility index (Phi) is 5.17. The van der Waals surface area contributed by atoms with Crippen LogP contribution < -0.4 is 4.74 Å². The van der Waals surface area contributed by atoms with Gasteiger partial charge < -0.3 is 14.7 Å². The van der Waals surface area contributed by atoms with Crippen molar-refractivity contribution in [2.75, 3.05) is 13.6 Å². The van der Waals surface area contributed by atoms with E-state index in [0.717, 1.165) is 19.3 Å². The van der Waals surface area contributed by atoms with Gasteiger partial charge in [0.25, 0.3) is 5.91 Å². The molecule has 0 aromatic carbocycles. The molecule has 0 aliphatic heterocycles. The van der Waals surface area contributed by atoms with Crippen molar-refractivity contribution in [3.05, 3.63) is 24.0 Å². The molecular weight excluding hydrogens is 268 g/mol. The summed E-state index contributed by atoms with van der Waals surface area (Å²) in [6.45, 7) is 4.39. The van der Waals surface area contributed by atoms with Gasteiger partial charge in [-0.15, -0.1) is 0 Å². The molecule has 0 spiro atoms. The molecule has 1 amide bonds. The number of ether oxygens (including phenoxy) is 1. The SMILES string of the molecule is CC(C)Oc1cccnc1C(=O)N(C)CC1CCCC1O. The Morgan fingerprint density at radius 3 is 2.90 bits per heavy atom. The Hall–Kier alpha value is -1.62. The van der Waals surface area contributed by atoms with Gasteiger partial charge in [-0.25, -0.2) is 4.98 Å². The lowest BCUT2D eigenvalue weighted by Crippen LogP contribution is -2.35. The fraction of sp³-hybridized carbons (Fsp3) is 0.625. The first-order chi connectivity index (χ1) is 9.99. The maximum Gasteiger partial charge on any atom is 0.276 e. The Bertz CT molecular complexity index is 490. The summed E-state index contributed by atoms with van der Waals surface area (Å²) in [6.07, 6.45) is 4.12. The Morgan fingerprint density at radius 1 is 1.52 bits per heavy atom. The zero-order valence-electron chi connectivity index (χ0n) is 13.0. The molecule has 21 heavy (non-hydrogen) atoms. The summed E-state index contributed by atoms with van der Waals surface area (Å²) in [5.74, 6) is 0.513. The van der Waals surface area contributed by atoms with E-state index in [1.54, 1.807) is 30.3 Å². The first kappa shape index (κ1) is 15.8. The second-order valence-corrected chi connectivity index (χ2v) is 5.96. The number of nitrogens with zero attached hydrogens (tertiary/aromatic N) is 2. The predicted octanol–water partition coefficient (Wildman–Crippen LogP) is 2.10. The highest BCUT2D eigenvalue weighted by Crippen LogP contribution is 2.27. The van der Waals surface area contributed by atoms with Crippen LogP contribution in [0.2, 0.25) is 0 Å². The third kappa shape index (κ3) is 3.94. The molecule has 1 N–H and O–H groups in total. The van der Waals surface area contributed by atoms with Crippen molar-refractivity contribution in [2.24, 2.45) is 5.92 Å². The first-order valence-corrected chi connectivity index (χ1v) is 7.54. The van der Waals surface area contributed by atoms with Gasteiger partial charge >= 0.3 is 0 Å². The van der Waals surface area contributed by atoms with Crippen molar-refractivity contribution in [1.29, 1.82) is 0 Å². The lowest BCUT2D eigenvalue weighted by atomic mass is 10.1. The lowest BCUT2D eigenvalue weighted by Gasteiger charge is -2.24. The number of aromatic nitrogens is 1. The molecule has 0 saturated heterocycles. The van der Waals surface area contributed by atoms with Gasteiger partial charge in [0, 0.05) is 25.7 Å². The van der Waals surface area contributed by atoms with E-state index in [1.807, 2.05) is 13.8 Å². The summed E-state index contributed by atoms with van der Waals surface area (Å²) in [4.78, 5) is 18.3. The summed E-state index contributed by atoms with van der Waals surface area (Å²) in [6, 6.07) is 3.52. The van der Waals surface area contributed by atoms with Gasteiger partial charge in [-0.05, 0) is 38.8 Å². The molecule has 1 fully saturated rings. The van der Waals surface area contributed by atoms with Crippen molar-refractivity contribution >= 4 is 5.91 Å². The maximum absolute atomic E-state index is 12.5. The van der Waals surface area contributed by atoms with Gasteiger partial charge in [-0.2, -0.15) is 0 Å². The monoisotopic (exact) mass is 292 g/mol. The van der Waals surface area contributed by atoms with Crippen molar-refractivity contribution in [1.82, 2.24) is 9.88 Å². The summed E-state index contributed by atoms with van der Waals surface area (Å²) in [7, 11) is 1.75. The van der Waals surface area contributed by atoms with E-state index in [4.69, 9.17) is 4.74 Å². The molecule has 116 valence electrons. The van der Waals surface area contributed by atoms with Crippen LogP contribution in [-0.2, 0) is 0 Å². The molecule has 1 heterocycles. The molecule has 1 aromatic rings. The van der Waals surface area contributed by atoms with Gasteiger partial charge in [-0.3, -0.25) is 4.79 Å². The van der Waals surface area contributed by atoms with Crippen molar-refractivity contribution in [2.45, 2.75) is 45.3 Å². The third-order valence-electron chi connectivity index (χ3n) is 3.81. The molecule has 2 atom stereocenters. The zero-order valence-corrected chi connectivity index (χ0v) is 13.0. The van der Waals surface area contributed by atoms with Gasteiger partial charge in [-0.1, -0.05) is 6.42 Å². The summed E-state index contributed by atoms with van der Waals surface area (Å²) in [5.41, 5.74) is 0.334.